The van der Waals surface area contributed by atoms with Gasteiger partial charge in [0.05, 0.1) is 0 Å². The molecule has 6 heteroatoms. The van der Waals surface area contributed by atoms with Gasteiger partial charge in [-0.3, -0.25) is 9.98 Å². The number of phenolic OH excluding ortho intramolecular Hbond substituents is 4. The van der Waals surface area contributed by atoms with Gasteiger partial charge in [0, 0.05) is 48.3 Å². The second-order valence-corrected chi connectivity index (χ2v) is 5.44. The number of aliphatic imine (C=N–C) groups is 2. The summed E-state index contributed by atoms with van der Waals surface area (Å²) in [6, 6.07) is 8.68. The number of hydrogen-bond acceptors (Lipinski definition) is 6. The van der Waals surface area contributed by atoms with E-state index in [-0.39, 0.29) is 29.0 Å². The van der Waals surface area contributed by atoms with Gasteiger partial charge in [-0.15, -0.1) is 0 Å². The van der Waals surface area contributed by atoms with E-state index in [0.29, 0.717) is 24.1 Å². The highest BCUT2D eigenvalue weighted by molar-refractivity contribution is 5.84. The highest BCUT2D eigenvalue weighted by Crippen LogP contribution is 2.22. The van der Waals surface area contributed by atoms with Crippen LogP contribution in [0.2, 0.25) is 0 Å². The average molecular weight is 328 g/mol. The summed E-state index contributed by atoms with van der Waals surface area (Å²) in [4.78, 5) is 8.57. The molecule has 0 amide bonds. The lowest BCUT2D eigenvalue weighted by Crippen LogP contribution is -2.01. The Morgan fingerprint density at radius 3 is 1.96 bits per heavy atom. The predicted molar refractivity (Wildman–Crippen MR) is 93.7 cm³/mol. The fourth-order valence-electron chi connectivity index (χ4n) is 1.99. The van der Waals surface area contributed by atoms with E-state index in [1.807, 2.05) is 6.92 Å². The molecule has 0 saturated heterocycles. The molecule has 0 aliphatic heterocycles. The van der Waals surface area contributed by atoms with Crippen LogP contribution in [-0.4, -0.2) is 45.4 Å². The highest BCUT2D eigenvalue weighted by Gasteiger charge is 2.02. The van der Waals surface area contributed by atoms with Crippen molar-refractivity contribution in [2.24, 2.45) is 9.98 Å². The van der Waals surface area contributed by atoms with E-state index in [1.54, 1.807) is 24.6 Å². The second kappa shape index (κ2) is 8.01. The van der Waals surface area contributed by atoms with Crippen molar-refractivity contribution in [3.8, 4) is 23.0 Å². The van der Waals surface area contributed by atoms with Gasteiger partial charge in [0.15, 0.2) is 0 Å². The molecule has 0 heterocycles. The first-order chi connectivity index (χ1) is 11.5. The van der Waals surface area contributed by atoms with Crippen molar-refractivity contribution in [2.75, 3.05) is 6.54 Å². The van der Waals surface area contributed by atoms with Crippen LogP contribution >= 0.6 is 0 Å². The Balaban J connectivity index is 1.85. The third-order valence-corrected chi connectivity index (χ3v) is 3.40. The molecule has 6 nitrogen and oxygen atoms in total. The molecule has 4 N–H and O–H groups in total. The van der Waals surface area contributed by atoms with Crippen molar-refractivity contribution in [2.45, 2.75) is 19.4 Å². The number of benzene rings is 2. The summed E-state index contributed by atoms with van der Waals surface area (Å²) in [6.45, 7) is 2.46. The van der Waals surface area contributed by atoms with E-state index >= 15 is 0 Å². The molecule has 2 aromatic rings. The second-order valence-electron chi connectivity index (χ2n) is 5.44. The number of phenols is 4. The number of nitrogens with zero attached hydrogens (tertiary/aromatic N) is 2. The lowest BCUT2D eigenvalue weighted by Gasteiger charge is -2.04. The van der Waals surface area contributed by atoms with E-state index in [1.165, 1.54) is 24.3 Å². The maximum absolute atomic E-state index is 9.67. The Labute approximate surface area is 140 Å². The first kappa shape index (κ1) is 17.3. The van der Waals surface area contributed by atoms with Crippen LogP contribution in [0.15, 0.2) is 46.4 Å². The minimum atomic E-state index is -0.0215. The molecule has 0 saturated carbocycles. The van der Waals surface area contributed by atoms with Gasteiger partial charge < -0.3 is 20.4 Å². The van der Waals surface area contributed by atoms with Crippen molar-refractivity contribution >= 4 is 12.4 Å². The first-order valence-electron chi connectivity index (χ1n) is 7.52. The van der Waals surface area contributed by atoms with Gasteiger partial charge in [0.25, 0.3) is 0 Å². The molecule has 0 aliphatic rings. The van der Waals surface area contributed by atoms with Crippen molar-refractivity contribution in [1.29, 1.82) is 0 Å². The standard InChI is InChI=1S/C18H20N2O4/c1-12(20-11-14-3-5-16(22)9-18(14)24)6-7-19-10-13-2-4-15(21)8-17(13)23/h2-5,8-12,21-24H,6-7H2,1H3. The van der Waals surface area contributed by atoms with Gasteiger partial charge in [-0.2, -0.15) is 0 Å². The molecule has 126 valence electrons. The van der Waals surface area contributed by atoms with Crippen molar-refractivity contribution in [1.82, 2.24) is 0 Å². The summed E-state index contributed by atoms with van der Waals surface area (Å²) >= 11 is 0. The third kappa shape index (κ3) is 5.01. The van der Waals surface area contributed by atoms with E-state index in [9.17, 15) is 20.4 Å². The van der Waals surface area contributed by atoms with Crippen LogP contribution in [0.1, 0.15) is 24.5 Å². The zero-order valence-corrected chi connectivity index (χ0v) is 13.3. The summed E-state index contributed by atoms with van der Waals surface area (Å²) in [5.41, 5.74) is 1.08. The Morgan fingerprint density at radius 2 is 1.42 bits per heavy atom. The van der Waals surface area contributed by atoms with Crippen LogP contribution < -0.4 is 0 Å². The zero-order chi connectivity index (χ0) is 17.5. The average Bonchev–Trinajstić information content (AvgIpc) is 2.52. The Morgan fingerprint density at radius 1 is 0.875 bits per heavy atom. The molecule has 0 aliphatic carbocycles. The molecular formula is C18H20N2O4. The Kier molecular flexibility index (Phi) is 5.78. The fraction of sp³-hybridized carbons (Fsp3) is 0.222. The first-order valence-corrected chi connectivity index (χ1v) is 7.52. The van der Waals surface area contributed by atoms with Crippen LogP contribution in [0.25, 0.3) is 0 Å². The molecule has 1 atom stereocenters. The highest BCUT2D eigenvalue weighted by atomic mass is 16.3. The summed E-state index contributed by atoms with van der Waals surface area (Å²) in [6.07, 6.45) is 3.82. The van der Waals surface area contributed by atoms with Gasteiger partial charge in [-0.1, -0.05) is 0 Å². The zero-order valence-electron chi connectivity index (χ0n) is 13.3. The number of rotatable bonds is 6. The fourth-order valence-corrected chi connectivity index (χ4v) is 1.99. The van der Waals surface area contributed by atoms with Gasteiger partial charge in [-0.25, -0.2) is 0 Å². The summed E-state index contributed by atoms with van der Waals surface area (Å²) < 4.78 is 0. The largest absolute Gasteiger partial charge is 0.508 e. The molecular weight excluding hydrogens is 308 g/mol. The molecule has 0 spiro atoms. The molecule has 0 aromatic heterocycles. The van der Waals surface area contributed by atoms with Crippen LogP contribution in [0.3, 0.4) is 0 Å². The smallest absolute Gasteiger partial charge is 0.128 e. The molecule has 0 radical (unpaired) electrons. The van der Waals surface area contributed by atoms with Crippen LogP contribution in [0.4, 0.5) is 0 Å². The van der Waals surface area contributed by atoms with E-state index in [2.05, 4.69) is 9.98 Å². The van der Waals surface area contributed by atoms with Crippen molar-refractivity contribution < 1.29 is 20.4 Å². The van der Waals surface area contributed by atoms with E-state index < -0.39 is 0 Å². The minimum absolute atomic E-state index is 0.00349. The van der Waals surface area contributed by atoms with Crippen molar-refractivity contribution in [3.05, 3.63) is 47.5 Å². The SMILES string of the molecule is CC(CCN=Cc1ccc(O)cc1O)N=Cc1ccc(O)cc1O. The lowest BCUT2D eigenvalue weighted by molar-refractivity contribution is 0.449. The summed E-state index contributed by atoms with van der Waals surface area (Å²) in [5, 5.41) is 37.8. The molecule has 1 unspecified atom stereocenters. The van der Waals surface area contributed by atoms with Crippen molar-refractivity contribution in [3.63, 3.8) is 0 Å². The molecule has 0 bridgehead atoms. The third-order valence-electron chi connectivity index (χ3n) is 3.40. The van der Waals surface area contributed by atoms with E-state index in [4.69, 9.17) is 0 Å². The van der Waals surface area contributed by atoms with Gasteiger partial charge >= 0.3 is 0 Å². The lowest BCUT2D eigenvalue weighted by atomic mass is 10.2. The molecule has 24 heavy (non-hydrogen) atoms. The molecule has 0 fully saturated rings. The van der Waals surface area contributed by atoms with Gasteiger partial charge in [-0.05, 0) is 37.6 Å². The number of hydrogen-bond donors (Lipinski definition) is 4. The predicted octanol–water partition coefficient (Wildman–Crippen LogP) is 2.83. The minimum Gasteiger partial charge on any atom is -0.508 e. The number of aromatic hydroxyl groups is 4. The summed E-state index contributed by atoms with van der Waals surface area (Å²) in [5.74, 6) is -0.0333. The Bertz CT molecular complexity index is 757. The van der Waals surface area contributed by atoms with Crippen LogP contribution in [0.5, 0.6) is 23.0 Å². The van der Waals surface area contributed by atoms with Crippen LogP contribution in [-0.2, 0) is 0 Å². The molecule has 2 aromatic carbocycles. The quantitative estimate of drug-likeness (QED) is 0.612. The van der Waals surface area contributed by atoms with E-state index in [0.717, 1.165) is 0 Å². The van der Waals surface area contributed by atoms with Crippen LogP contribution in [0, 0.1) is 0 Å². The normalized spacial score (nSPS) is 12.9. The van der Waals surface area contributed by atoms with Gasteiger partial charge in [0.1, 0.15) is 23.0 Å². The Hall–Kier alpha value is -3.02. The maximum atomic E-state index is 9.67. The molecule has 2 rings (SSSR count). The monoisotopic (exact) mass is 328 g/mol. The topological polar surface area (TPSA) is 106 Å². The maximum Gasteiger partial charge on any atom is 0.128 e. The summed E-state index contributed by atoms with van der Waals surface area (Å²) in [7, 11) is 0. The van der Waals surface area contributed by atoms with Gasteiger partial charge in [0.2, 0.25) is 0 Å².